The van der Waals surface area contributed by atoms with Gasteiger partial charge in [-0.3, -0.25) is 0 Å². The molecule has 0 aliphatic rings. The Bertz CT molecular complexity index is 547. The van der Waals surface area contributed by atoms with Crippen LogP contribution in [-0.4, -0.2) is 41.0 Å². The highest BCUT2D eigenvalue weighted by molar-refractivity contribution is 7.84. The first-order chi connectivity index (χ1) is 12.6. The molecule has 0 radical (unpaired) electrons. The first-order valence-corrected chi connectivity index (χ1v) is 10.2. The second-order valence-corrected chi connectivity index (χ2v) is 9.29. The Morgan fingerprint density at radius 2 is 1.63 bits per heavy atom. The van der Waals surface area contributed by atoms with E-state index in [9.17, 15) is 17.4 Å². The Morgan fingerprint density at radius 1 is 1.00 bits per heavy atom. The van der Waals surface area contributed by atoms with E-state index in [-0.39, 0.29) is 13.0 Å². The smallest absolute Gasteiger partial charge is 0.379 e. The standard InChI is InChI=1S/C19H30F3NO3S/c1-18(2,3)27(24)23-17(9-11-19(20,21)22)10-12-25-13-14-26-15-16-7-5-4-6-8-16/h4-8,17,23H,9-15H2,1-3H3. The van der Waals surface area contributed by atoms with Crippen LogP contribution in [-0.2, 0) is 27.1 Å². The van der Waals surface area contributed by atoms with Crippen LogP contribution in [0.4, 0.5) is 13.2 Å². The van der Waals surface area contributed by atoms with Gasteiger partial charge >= 0.3 is 6.18 Å². The van der Waals surface area contributed by atoms with Crippen molar-refractivity contribution in [1.82, 2.24) is 4.72 Å². The molecule has 4 nitrogen and oxygen atoms in total. The van der Waals surface area contributed by atoms with Gasteiger partial charge in [0.1, 0.15) is 0 Å². The molecule has 1 aromatic rings. The molecule has 0 fully saturated rings. The summed E-state index contributed by atoms with van der Waals surface area (Å²) in [6.45, 7) is 6.87. The van der Waals surface area contributed by atoms with Crippen LogP contribution in [0.25, 0.3) is 0 Å². The molecule has 0 saturated heterocycles. The molecule has 1 N–H and O–H groups in total. The summed E-state index contributed by atoms with van der Waals surface area (Å²) in [5, 5.41) is 0. The van der Waals surface area contributed by atoms with E-state index in [2.05, 4.69) is 4.72 Å². The molecule has 8 heteroatoms. The van der Waals surface area contributed by atoms with Crippen LogP contribution in [0.1, 0.15) is 45.6 Å². The van der Waals surface area contributed by atoms with Crippen LogP contribution in [0.5, 0.6) is 0 Å². The highest BCUT2D eigenvalue weighted by atomic mass is 32.2. The van der Waals surface area contributed by atoms with Crippen molar-refractivity contribution in [2.24, 2.45) is 0 Å². The van der Waals surface area contributed by atoms with Gasteiger partial charge in [0.05, 0.1) is 35.6 Å². The maximum absolute atomic E-state index is 12.5. The van der Waals surface area contributed by atoms with Crippen LogP contribution in [0.2, 0.25) is 0 Å². The quantitative estimate of drug-likeness (QED) is 0.522. The molecule has 2 unspecified atom stereocenters. The molecule has 1 rings (SSSR count). The van der Waals surface area contributed by atoms with E-state index >= 15 is 0 Å². The van der Waals surface area contributed by atoms with Gasteiger partial charge in [-0.1, -0.05) is 30.3 Å². The summed E-state index contributed by atoms with van der Waals surface area (Å²) in [6.07, 6.45) is -4.91. The Balaban J connectivity index is 2.27. The Kier molecular flexibility index (Phi) is 10.5. The lowest BCUT2D eigenvalue weighted by Crippen LogP contribution is -2.40. The Hall–Kier alpha value is -0.960. The summed E-state index contributed by atoms with van der Waals surface area (Å²) in [6, 6.07) is 9.22. The first-order valence-electron chi connectivity index (χ1n) is 9.02. The summed E-state index contributed by atoms with van der Waals surface area (Å²) in [7, 11) is -1.42. The lowest BCUT2D eigenvalue weighted by Gasteiger charge is -2.24. The maximum Gasteiger partial charge on any atom is 0.389 e. The SMILES string of the molecule is CC(C)(C)S(=O)NC(CCOCCOCc1ccccc1)CCC(F)(F)F. The molecule has 0 spiro atoms. The highest BCUT2D eigenvalue weighted by Gasteiger charge is 2.30. The summed E-state index contributed by atoms with van der Waals surface area (Å²) in [5.41, 5.74) is 1.07. The molecule has 156 valence electrons. The van der Waals surface area contributed by atoms with Gasteiger partial charge in [0.25, 0.3) is 0 Å². The van der Waals surface area contributed by atoms with E-state index in [1.165, 1.54) is 0 Å². The molecular formula is C19H30F3NO3S. The van der Waals surface area contributed by atoms with Crippen molar-refractivity contribution in [3.63, 3.8) is 0 Å². The van der Waals surface area contributed by atoms with E-state index in [0.717, 1.165) is 5.56 Å². The zero-order chi connectivity index (χ0) is 20.3. The minimum absolute atomic E-state index is 0.126. The number of nitrogens with one attached hydrogen (secondary N) is 1. The average molecular weight is 410 g/mol. The zero-order valence-electron chi connectivity index (χ0n) is 16.2. The monoisotopic (exact) mass is 409 g/mol. The van der Waals surface area contributed by atoms with Crippen molar-refractivity contribution in [3.8, 4) is 0 Å². The van der Waals surface area contributed by atoms with Crippen molar-refractivity contribution < 1.29 is 26.9 Å². The minimum atomic E-state index is -4.23. The number of ether oxygens (including phenoxy) is 2. The van der Waals surface area contributed by atoms with E-state index in [0.29, 0.717) is 26.2 Å². The molecule has 1 aromatic carbocycles. The normalized spacial score (nSPS) is 14.9. The van der Waals surface area contributed by atoms with Crippen molar-refractivity contribution in [3.05, 3.63) is 35.9 Å². The van der Waals surface area contributed by atoms with E-state index in [4.69, 9.17) is 9.47 Å². The van der Waals surface area contributed by atoms with Crippen molar-refractivity contribution in [2.75, 3.05) is 19.8 Å². The van der Waals surface area contributed by atoms with Gasteiger partial charge in [0.15, 0.2) is 0 Å². The van der Waals surface area contributed by atoms with Gasteiger partial charge in [-0.05, 0) is 39.2 Å². The van der Waals surface area contributed by atoms with E-state index in [1.807, 2.05) is 30.3 Å². The fourth-order valence-electron chi connectivity index (χ4n) is 2.14. The van der Waals surface area contributed by atoms with Gasteiger partial charge in [0, 0.05) is 19.1 Å². The third-order valence-electron chi connectivity index (χ3n) is 3.70. The van der Waals surface area contributed by atoms with Crippen molar-refractivity contribution >= 4 is 11.0 Å². The molecule has 0 aliphatic heterocycles. The molecule has 0 amide bonds. The summed E-state index contributed by atoms with van der Waals surface area (Å²) in [4.78, 5) is 0. The second kappa shape index (κ2) is 11.8. The van der Waals surface area contributed by atoms with Crippen LogP contribution >= 0.6 is 0 Å². The third-order valence-corrected chi connectivity index (χ3v) is 5.36. The zero-order valence-corrected chi connectivity index (χ0v) is 17.0. The van der Waals surface area contributed by atoms with Crippen LogP contribution < -0.4 is 4.72 Å². The van der Waals surface area contributed by atoms with Gasteiger partial charge in [-0.25, -0.2) is 8.93 Å². The number of benzene rings is 1. The molecule has 0 saturated carbocycles. The third kappa shape index (κ3) is 12.2. The molecule has 27 heavy (non-hydrogen) atoms. The number of halogens is 3. The Labute approximate surface area is 162 Å². The van der Waals surface area contributed by atoms with Crippen molar-refractivity contribution in [2.45, 2.75) is 63.6 Å². The highest BCUT2D eigenvalue weighted by Crippen LogP contribution is 2.23. The van der Waals surface area contributed by atoms with Crippen LogP contribution in [0.15, 0.2) is 30.3 Å². The molecule has 2 atom stereocenters. The average Bonchev–Trinajstić information content (AvgIpc) is 2.57. The van der Waals surface area contributed by atoms with E-state index < -0.39 is 34.4 Å². The summed E-state index contributed by atoms with van der Waals surface area (Å²) in [5.74, 6) is 0. The lowest BCUT2D eigenvalue weighted by atomic mass is 10.1. The second-order valence-electron chi connectivity index (χ2n) is 7.29. The number of rotatable bonds is 12. The van der Waals surface area contributed by atoms with Crippen molar-refractivity contribution in [1.29, 1.82) is 0 Å². The van der Waals surface area contributed by atoms with Gasteiger partial charge in [-0.2, -0.15) is 13.2 Å². The molecule has 0 heterocycles. The largest absolute Gasteiger partial charge is 0.389 e. The van der Waals surface area contributed by atoms with Gasteiger partial charge in [0.2, 0.25) is 0 Å². The van der Waals surface area contributed by atoms with Gasteiger partial charge < -0.3 is 9.47 Å². The van der Waals surface area contributed by atoms with E-state index in [1.54, 1.807) is 20.8 Å². The van der Waals surface area contributed by atoms with Crippen LogP contribution in [0.3, 0.4) is 0 Å². The minimum Gasteiger partial charge on any atom is -0.379 e. The number of hydrogen-bond acceptors (Lipinski definition) is 3. The van der Waals surface area contributed by atoms with Gasteiger partial charge in [-0.15, -0.1) is 0 Å². The molecular weight excluding hydrogens is 379 g/mol. The molecule has 0 aliphatic carbocycles. The predicted molar refractivity (Wildman–Crippen MR) is 102 cm³/mol. The summed E-state index contributed by atoms with van der Waals surface area (Å²) >= 11 is 0. The maximum atomic E-state index is 12.5. The lowest BCUT2D eigenvalue weighted by molar-refractivity contribution is -0.136. The first kappa shape index (κ1) is 24.1. The molecule has 0 bridgehead atoms. The topological polar surface area (TPSA) is 47.6 Å². The summed E-state index contributed by atoms with van der Waals surface area (Å²) < 4.78 is 62.9. The van der Waals surface area contributed by atoms with Crippen LogP contribution in [0, 0.1) is 0 Å². The Morgan fingerprint density at radius 3 is 2.22 bits per heavy atom. The number of alkyl halides is 3. The fraction of sp³-hybridized carbons (Fsp3) is 0.684. The molecule has 0 aromatic heterocycles. The number of hydrogen-bond donors (Lipinski definition) is 1. The predicted octanol–water partition coefficient (Wildman–Crippen LogP) is 4.37. The fourth-order valence-corrected chi connectivity index (χ4v) is 3.03.